The Balaban J connectivity index is 3.16. The summed E-state index contributed by atoms with van der Waals surface area (Å²) in [6, 6.07) is 4.79. The predicted octanol–water partition coefficient (Wildman–Crippen LogP) is 1.87. The lowest BCUT2D eigenvalue weighted by atomic mass is 10.1. The largest absolute Gasteiger partial charge is 0.478 e. The first kappa shape index (κ1) is 21.9. The molecule has 0 aromatic heterocycles. The van der Waals surface area contributed by atoms with Gasteiger partial charge in [0, 0.05) is 12.0 Å². The minimum absolute atomic E-state index is 0.179. The Kier molecular flexibility index (Phi) is 7.55. The molecule has 0 radical (unpaired) electrons. The molecule has 1 atom stereocenters. The fraction of sp³-hybridized carbons (Fsp3) is 0.529. The standard InChI is InChI=1S/C17H22F4N2O3/c1-4-26-15(25)16(17(19,20)21,23-14(24)9-11(2)3)22-10-12-5-7-13(18)8-6-12/h5-8,11,22H,4,9-10H2,1-3H3,(H,23,24)/p+1/t16-/m0/s1. The summed E-state index contributed by atoms with van der Waals surface area (Å²) in [5.41, 5.74) is -2.92. The summed E-state index contributed by atoms with van der Waals surface area (Å²) in [6.45, 7) is 4.11. The van der Waals surface area contributed by atoms with Crippen molar-refractivity contribution in [1.82, 2.24) is 5.32 Å². The first-order valence-electron chi connectivity index (χ1n) is 8.15. The van der Waals surface area contributed by atoms with Gasteiger partial charge in [-0.05, 0) is 25.0 Å². The summed E-state index contributed by atoms with van der Waals surface area (Å²) < 4.78 is 59.0. The van der Waals surface area contributed by atoms with E-state index in [0.29, 0.717) is 10.9 Å². The number of alkyl halides is 3. The maximum absolute atomic E-state index is 13.8. The first-order valence-corrected chi connectivity index (χ1v) is 8.15. The molecule has 3 N–H and O–H groups in total. The van der Waals surface area contributed by atoms with E-state index >= 15 is 0 Å². The van der Waals surface area contributed by atoms with Gasteiger partial charge in [0.2, 0.25) is 5.91 Å². The molecule has 0 spiro atoms. The van der Waals surface area contributed by atoms with Crippen LogP contribution in [0.25, 0.3) is 0 Å². The van der Waals surface area contributed by atoms with E-state index in [4.69, 9.17) is 0 Å². The summed E-state index contributed by atoms with van der Waals surface area (Å²) in [4.78, 5) is 24.2. The number of carbonyl (C=O) groups is 2. The molecule has 5 nitrogen and oxygen atoms in total. The van der Waals surface area contributed by atoms with Gasteiger partial charge in [0.1, 0.15) is 12.4 Å². The quantitative estimate of drug-likeness (QED) is 0.412. The van der Waals surface area contributed by atoms with Crippen molar-refractivity contribution in [3.63, 3.8) is 0 Å². The fourth-order valence-electron chi connectivity index (χ4n) is 2.27. The van der Waals surface area contributed by atoms with Crippen LogP contribution in [0.5, 0.6) is 0 Å². The fourth-order valence-corrected chi connectivity index (χ4v) is 2.27. The van der Waals surface area contributed by atoms with Crippen molar-refractivity contribution < 1.29 is 37.2 Å². The molecule has 1 amide bonds. The van der Waals surface area contributed by atoms with E-state index in [1.807, 2.05) is 0 Å². The van der Waals surface area contributed by atoms with Gasteiger partial charge in [-0.1, -0.05) is 26.0 Å². The molecule has 9 heteroatoms. The van der Waals surface area contributed by atoms with Gasteiger partial charge in [-0.15, -0.1) is 0 Å². The van der Waals surface area contributed by atoms with E-state index in [1.54, 1.807) is 19.2 Å². The minimum Gasteiger partial charge on any atom is -0.460 e. The number of carbonyl (C=O) groups excluding carboxylic acids is 2. The number of amides is 1. The molecule has 1 aromatic carbocycles. The van der Waals surface area contributed by atoms with Crippen LogP contribution in [0.1, 0.15) is 32.8 Å². The molecule has 0 fully saturated rings. The monoisotopic (exact) mass is 379 g/mol. The molecule has 0 heterocycles. The topological polar surface area (TPSA) is 72.0 Å². The van der Waals surface area contributed by atoms with Gasteiger partial charge in [-0.25, -0.2) is 9.18 Å². The Bertz CT molecular complexity index is 617. The molecule has 0 saturated carbocycles. The maximum atomic E-state index is 13.8. The first-order chi connectivity index (χ1) is 12.0. The SMILES string of the molecule is CCOC(=O)[C@@](NC(=O)CC(C)C)([NH2+]Cc1ccc(F)cc1)C(F)(F)F. The van der Waals surface area contributed by atoms with E-state index in [1.165, 1.54) is 19.1 Å². The molecule has 1 rings (SSSR count). The lowest BCUT2D eigenvalue weighted by Crippen LogP contribution is -3.06. The van der Waals surface area contributed by atoms with Crippen molar-refractivity contribution in [2.24, 2.45) is 5.92 Å². The Morgan fingerprint density at radius 2 is 1.77 bits per heavy atom. The van der Waals surface area contributed by atoms with Gasteiger partial charge in [0.05, 0.1) is 6.61 Å². The average Bonchev–Trinajstić information content (AvgIpc) is 2.51. The van der Waals surface area contributed by atoms with Gasteiger partial charge in [-0.3, -0.25) is 10.1 Å². The van der Waals surface area contributed by atoms with Gasteiger partial charge in [0.25, 0.3) is 0 Å². The highest BCUT2D eigenvalue weighted by Gasteiger charge is 2.67. The number of nitrogens with one attached hydrogen (secondary N) is 1. The third kappa shape index (κ3) is 5.69. The van der Waals surface area contributed by atoms with Crippen molar-refractivity contribution in [2.75, 3.05) is 6.61 Å². The molecular weight excluding hydrogens is 356 g/mol. The number of halogens is 4. The van der Waals surface area contributed by atoms with Gasteiger partial charge in [-0.2, -0.15) is 13.2 Å². The van der Waals surface area contributed by atoms with Crippen LogP contribution in [0.2, 0.25) is 0 Å². The van der Waals surface area contributed by atoms with Crippen LogP contribution in [0.4, 0.5) is 17.6 Å². The van der Waals surface area contributed by atoms with Crippen LogP contribution in [0, 0.1) is 11.7 Å². The molecule has 0 saturated heterocycles. The van der Waals surface area contributed by atoms with Crippen molar-refractivity contribution in [1.29, 1.82) is 0 Å². The normalized spacial score (nSPS) is 14.0. The Labute approximate surface area is 149 Å². The average molecular weight is 379 g/mol. The van der Waals surface area contributed by atoms with Crippen LogP contribution in [-0.2, 0) is 20.9 Å². The number of rotatable bonds is 8. The number of nitrogens with two attached hydrogens (primary N) is 1. The zero-order valence-electron chi connectivity index (χ0n) is 14.8. The smallest absolute Gasteiger partial charge is 0.460 e. The number of quaternary nitrogens is 1. The lowest BCUT2D eigenvalue weighted by Gasteiger charge is -2.31. The zero-order valence-corrected chi connectivity index (χ0v) is 14.8. The second-order valence-electron chi connectivity index (χ2n) is 6.21. The minimum atomic E-state index is -5.11. The number of hydrogen-bond acceptors (Lipinski definition) is 3. The Morgan fingerprint density at radius 1 is 1.19 bits per heavy atom. The molecular formula is C17H23F4N2O3+. The molecule has 0 aliphatic heterocycles. The summed E-state index contributed by atoms with van der Waals surface area (Å²) >= 11 is 0. The number of hydrogen-bond donors (Lipinski definition) is 2. The predicted molar refractivity (Wildman–Crippen MR) is 85.0 cm³/mol. The Hall–Kier alpha value is -2.16. The van der Waals surface area contributed by atoms with E-state index in [0.717, 1.165) is 12.1 Å². The van der Waals surface area contributed by atoms with Crippen molar-refractivity contribution in [3.05, 3.63) is 35.6 Å². The molecule has 0 unspecified atom stereocenters. The van der Waals surface area contributed by atoms with E-state index in [2.05, 4.69) is 4.74 Å². The summed E-state index contributed by atoms with van der Waals surface area (Å²) in [5.74, 6) is -3.25. The second kappa shape index (κ2) is 8.98. The molecule has 1 aromatic rings. The summed E-state index contributed by atoms with van der Waals surface area (Å²) in [6.07, 6.45) is -5.28. The van der Waals surface area contributed by atoms with E-state index in [-0.39, 0.29) is 25.5 Å². The summed E-state index contributed by atoms with van der Waals surface area (Å²) in [7, 11) is 0. The van der Waals surface area contributed by atoms with E-state index < -0.39 is 29.5 Å². The number of esters is 1. The van der Waals surface area contributed by atoms with Gasteiger partial charge < -0.3 is 10.1 Å². The lowest BCUT2D eigenvalue weighted by molar-refractivity contribution is -0.757. The van der Waals surface area contributed by atoms with Crippen LogP contribution in [-0.4, -0.2) is 30.3 Å². The molecule has 0 aliphatic rings. The van der Waals surface area contributed by atoms with Crippen LogP contribution >= 0.6 is 0 Å². The third-order valence-corrected chi connectivity index (χ3v) is 3.53. The molecule has 0 aliphatic carbocycles. The highest BCUT2D eigenvalue weighted by molar-refractivity contribution is 5.87. The molecule has 0 bridgehead atoms. The number of ether oxygens (including phenoxy) is 1. The van der Waals surface area contributed by atoms with E-state index in [9.17, 15) is 27.2 Å². The highest BCUT2D eigenvalue weighted by Crippen LogP contribution is 2.27. The maximum Gasteiger partial charge on any atom is 0.478 e. The Morgan fingerprint density at radius 3 is 2.23 bits per heavy atom. The summed E-state index contributed by atoms with van der Waals surface area (Å²) in [5, 5.41) is 2.45. The van der Waals surface area contributed by atoms with Crippen molar-refractivity contribution in [2.45, 2.75) is 45.6 Å². The van der Waals surface area contributed by atoms with Crippen LogP contribution in [0.3, 0.4) is 0 Å². The zero-order chi connectivity index (χ0) is 20.0. The van der Waals surface area contributed by atoms with Gasteiger partial charge in [0.15, 0.2) is 0 Å². The van der Waals surface area contributed by atoms with Crippen LogP contribution < -0.4 is 10.6 Å². The van der Waals surface area contributed by atoms with Crippen molar-refractivity contribution >= 4 is 11.9 Å². The number of benzene rings is 1. The second-order valence-corrected chi connectivity index (χ2v) is 6.21. The highest BCUT2D eigenvalue weighted by atomic mass is 19.4. The van der Waals surface area contributed by atoms with Crippen molar-refractivity contribution in [3.8, 4) is 0 Å². The molecule has 26 heavy (non-hydrogen) atoms. The van der Waals surface area contributed by atoms with Crippen LogP contribution in [0.15, 0.2) is 24.3 Å². The third-order valence-electron chi connectivity index (χ3n) is 3.53. The molecule has 146 valence electrons. The van der Waals surface area contributed by atoms with Gasteiger partial charge >= 0.3 is 17.8 Å².